The molecule has 4 rings (SSSR count). The van der Waals surface area contributed by atoms with E-state index in [1.807, 2.05) is 31.2 Å². The van der Waals surface area contributed by atoms with Crippen molar-refractivity contribution in [3.8, 4) is 11.3 Å². The van der Waals surface area contributed by atoms with Crippen LogP contribution in [0.2, 0.25) is 0 Å². The Hall–Kier alpha value is -3.98. The fourth-order valence-electron chi connectivity index (χ4n) is 3.46. The zero-order valence-corrected chi connectivity index (χ0v) is 18.5. The molecule has 0 N–H and O–H groups in total. The van der Waals surface area contributed by atoms with Crippen molar-refractivity contribution >= 4 is 28.8 Å². The topological polar surface area (TPSA) is 101 Å². The lowest BCUT2D eigenvalue weighted by molar-refractivity contribution is -0.142. The van der Waals surface area contributed by atoms with Crippen LogP contribution >= 0.6 is 0 Å². The lowest BCUT2D eigenvalue weighted by Gasteiger charge is -2.17. The minimum atomic E-state index is -0.899. The van der Waals surface area contributed by atoms with Gasteiger partial charge in [0.05, 0.1) is 23.4 Å². The summed E-state index contributed by atoms with van der Waals surface area (Å²) in [7, 11) is 0. The molecule has 0 spiro atoms. The number of fused-ring (bicyclic) bond motifs is 3. The van der Waals surface area contributed by atoms with Crippen LogP contribution in [0, 0.1) is 6.92 Å². The van der Waals surface area contributed by atoms with Crippen LogP contribution in [0.4, 0.5) is 0 Å². The first kappa shape index (κ1) is 22.2. The largest absolute Gasteiger partial charge is 0.462 e. The zero-order chi connectivity index (χ0) is 23.5. The number of rotatable bonds is 8. The van der Waals surface area contributed by atoms with E-state index >= 15 is 0 Å². The monoisotopic (exact) mass is 449 g/mol. The quantitative estimate of drug-likeness (QED) is 0.232. The summed E-state index contributed by atoms with van der Waals surface area (Å²) in [6.07, 6.45) is -0.308. The normalized spacial score (nSPS) is 12.1. The van der Waals surface area contributed by atoms with Gasteiger partial charge in [0.1, 0.15) is 23.9 Å². The Morgan fingerprint density at radius 2 is 1.85 bits per heavy atom. The summed E-state index contributed by atoms with van der Waals surface area (Å²) >= 11 is 0. The summed E-state index contributed by atoms with van der Waals surface area (Å²) in [6, 6.07) is 14.3. The summed E-state index contributed by atoms with van der Waals surface area (Å²) in [5.41, 5.74) is 3.48. The molecular formula is C24H23N3O6. The van der Waals surface area contributed by atoms with E-state index in [0.717, 1.165) is 15.9 Å². The van der Waals surface area contributed by atoms with Crippen LogP contribution in [-0.2, 0) is 14.3 Å². The second kappa shape index (κ2) is 9.25. The number of carbonyl (C=O) groups is 2. The van der Waals surface area contributed by atoms with Crippen molar-refractivity contribution in [3.63, 3.8) is 0 Å². The SMILES string of the molecule is CCOC(=O)c1ccc2c(c1)n(OC(C)OCC=O)c(=O)c1cc(-c3ccc(C)cc3)nn12. The molecule has 0 aliphatic rings. The number of esters is 1. The van der Waals surface area contributed by atoms with Crippen LogP contribution in [0.25, 0.3) is 27.8 Å². The van der Waals surface area contributed by atoms with Crippen LogP contribution < -0.4 is 10.4 Å². The van der Waals surface area contributed by atoms with Gasteiger partial charge in [-0.25, -0.2) is 9.31 Å². The molecule has 0 saturated heterocycles. The maximum Gasteiger partial charge on any atom is 0.338 e. The predicted octanol–water partition coefficient (Wildman–Crippen LogP) is 2.79. The van der Waals surface area contributed by atoms with Gasteiger partial charge in [-0.3, -0.25) is 4.79 Å². The first-order valence-corrected chi connectivity index (χ1v) is 10.5. The Labute approximate surface area is 189 Å². The summed E-state index contributed by atoms with van der Waals surface area (Å²) in [6.45, 7) is 5.30. The minimum Gasteiger partial charge on any atom is -0.462 e. The van der Waals surface area contributed by atoms with E-state index in [-0.39, 0.29) is 24.3 Å². The molecule has 2 aromatic heterocycles. The third kappa shape index (κ3) is 4.35. The molecular weight excluding hydrogens is 426 g/mol. The molecule has 9 nitrogen and oxygen atoms in total. The molecule has 2 aromatic carbocycles. The first-order chi connectivity index (χ1) is 15.9. The van der Waals surface area contributed by atoms with Crippen LogP contribution in [0.5, 0.6) is 0 Å². The first-order valence-electron chi connectivity index (χ1n) is 10.5. The number of hydrogen-bond acceptors (Lipinski definition) is 7. The van der Waals surface area contributed by atoms with E-state index in [9.17, 15) is 14.4 Å². The third-order valence-corrected chi connectivity index (χ3v) is 5.05. The Morgan fingerprint density at radius 3 is 2.55 bits per heavy atom. The average molecular weight is 449 g/mol. The molecule has 33 heavy (non-hydrogen) atoms. The number of ether oxygens (including phenoxy) is 2. The highest BCUT2D eigenvalue weighted by molar-refractivity contribution is 5.94. The van der Waals surface area contributed by atoms with Crippen molar-refractivity contribution < 1.29 is 23.9 Å². The minimum absolute atomic E-state index is 0.186. The van der Waals surface area contributed by atoms with Crippen molar-refractivity contribution in [2.75, 3.05) is 13.2 Å². The summed E-state index contributed by atoms with van der Waals surface area (Å²) < 4.78 is 12.9. The van der Waals surface area contributed by atoms with Crippen molar-refractivity contribution in [3.05, 3.63) is 70.0 Å². The molecule has 2 heterocycles. The van der Waals surface area contributed by atoms with Crippen molar-refractivity contribution in [2.24, 2.45) is 0 Å². The molecule has 4 aromatic rings. The van der Waals surface area contributed by atoms with Crippen LogP contribution in [-0.4, -0.2) is 46.1 Å². The van der Waals surface area contributed by atoms with Crippen LogP contribution in [0.3, 0.4) is 0 Å². The fraction of sp³-hybridized carbons (Fsp3) is 0.250. The second-order valence-electron chi connectivity index (χ2n) is 7.39. The van der Waals surface area contributed by atoms with Crippen molar-refractivity contribution in [1.82, 2.24) is 14.3 Å². The van der Waals surface area contributed by atoms with Crippen LogP contribution in [0.1, 0.15) is 29.8 Å². The van der Waals surface area contributed by atoms with Gasteiger partial charge in [-0.2, -0.15) is 5.10 Å². The highest BCUT2D eigenvalue weighted by Crippen LogP contribution is 2.23. The van der Waals surface area contributed by atoms with Gasteiger partial charge in [-0.15, -0.1) is 4.73 Å². The molecule has 170 valence electrons. The fourth-order valence-corrected chi connectivity index (χ4v) is 3.46. The Bertz CT molecular complexity index is 1390. The smallest absolute Gasteiger partial charge is 0.338 e. The Morgan fingerprint density at radius 1 is 1.09 bits per heavy atom. The number of aryl methyl sites for hydroxylation is 1. The van der Waals surface area contributed by atoms with Gasteiger partial charge in [-0.05, 0) is 38.1 Å². The summed E-state index contributed by atoms with van der Waals surface area (Å²) in [5.74, 6) is -0.524. The van der Waals surface area contributed by atoms with Crippen LogP contribution in [0.15, 0.2) is 53.3 Å². The van der Waals surface area contributed by atoms with Crippen molar-refractivity contribution in [2.45, 2.75) is 27.1 Å². The van der Waals surface area contributed by atoms with E-state index < -0.39 is 17.8 Å². The highest BCUT2D eigenvalue weighted by atomic mass is 16.8. The Balaban J connectivity index is 1.93. The van der Waals surface area contributed by atoms with Gasteiger partial charge in [0.2, 0.25) is 6.29 Å². The molecule has 1 unspecified atom stereocenters. The predicted molar refractivity (Wildman–Crippen MR) is 121 cm³/mol. The molecule has 9 heteroatoms. The summed E-state index contributed by atoms with van der Waals surface area (Å²) in [5, 5.41) is 4.64. The molecule has 1 atom stereocenters. The van der Waals surface area contributed by atoms with Gasteiger partial charge < -0.3 is 19.1 Å². The van der Waals surface area contributed by atoms with E-state index in [4.69, 9.17) is 14.3 Å². The number of hydrogen-bond donors (Lipinski definition) is 0. The number of aromatic nitrogens is 3. The van der Waals surface area contributed by atoms with Gasteiger partial charge in [0.15, 0.2) is 0 Å². The maximum atomic E-state index is 13.4. The van der Waals surface area contributed by atoms with E-state index in [1.165, 1.54) is 10.6 Å². The average Bonchev–Trinajstić information content (AvgIpc) is 3.26. The summed E-state index contributed by atoms with van der Waals surface area (Å²) in [4.78, 5) is 42.1. The van der Waals surface area contributed by atoms with Gasteiger partial charge in [0, 0.05) is 12.5 Å². The lowest BCUT2D eigenvalue weighted by atomic mass is 10.1. The highest BCUT2D eigenvalue weighted by Gasteiger charge is 2.19. The molecule has 0 amide bonds. The van der Waals surface area contributed by atoms with Crippen molar-refractivity contribution in [1.29, 1.82) is 0 Å². The van der Waals surface area contributed by atoms with E-state index in [1.54, 1.807) is 32.0 Å². The zero-order valence-electron chi connectivity index (χ0n) is 18.5. The molecule has 0 fully saturated rings. The number of benzene rings is 2. The molecule has 0 bridgehead atoms. The van der Waals surface area contributed by atoms with E-state index in [0.29, 0.717) is 23.0 Å². The molecule has 0 radical (unpaired) electrons. The number of nitrogens with zero attached hydrogens (tertiary/aromatic N) is 3. The lowest BCUT2D eigenvalue weighted by Crippen LogP contribution is -2.35. The molecule has 0 saturated carbocycles. The molecule has 0 aliphatic heterocycles. The van der Waals surface area contributed by atoms with Gasteiger partial charge >= 0.3 is 11.5 Å². The molecule has 0 aliphatic carbocycles. The Kier molecular flexibility index (Phi) is 6.23. The standard InChI is InChI=1S/C24H23N3O6/c1-4-31-24(30)18-9-10-20-21(13-18)27(33-16(3)32-12-11-28)23(29)22-14-19(25-26(20)22)17-7-5-15(2)6-8-17/h5-11,13-14,16H,4,12H2,1-3H3. The second-order valence-corrected chi connectivity index (χ2v) is 7.39. The third-order valence-electron chi connectivity index (χ3n) is 5.05. The number of carbonyl (C=O) groups excluding carboxylic acids is 2. The maximum absolute atomic E-state index is 13.4. The van der Waals surface area contributed by atoms with E-state index in [2.05, 4.69) is 5.10 Å². The number of aldehydes is 1. The van der Waals surface area contributed by atoms with Gasteiger partial charge in [0.25, 0.3) is 0 Å². The van der Waals surface area contributed by atoms with Gasteiger partial charge in [-0.1, -0.05) is 29.8 Å².